The van der Waals surface area contributed by atoms with E-state index in [-0.39, 0.29) is 0 Å². The van der Waals surface area contributed by atoms with Gasteiger partial charge in [0.1, 0.15) is 24.0 Å². The van der Waals surface area contributed by atoms with Crippen LogP contribution in [-0.4, -0.2) is 26.3 Å². The summed E-state index contributed by atoms with van der Waals surface area (Å²) in [6.07, 6.45) is 0. The lowest BCUT2D eigenvalue weighted by Crippen LogP contribution is -2.37. The van der Waals surface area contributed by atoms with Gasteiger partial charge < -0.3 is 14.4 Å². The van der Waals surface area contributed by atoms with E-state index >= 15 is 0 Å². The monoisotopic (exact) mass is 308 g/mol. The third-order valence-electron chi connectivity index (χ3n) is 4.02. The molecule has 118 valence electrons. The Morgan fingerprint density at radius 2 is 1.87 bits per heavy atom. The molecule has 23 heavy (non-hydrogen) atoms. The van der Waals surface area contributed by atoms with Crippen molar-refractivity contribution in [2.24, 2.45) is 0 Å². The molecule has 0 spiro atoms. The van der Waals surface area contributed by atoms with Crippen molar-refractivity contribution in [2.75, 3.05) is 31.2 Å². The van der Waals surface area contributed by atoms with E-state index in [1.165, 1.54) is 0 Å². The molecule has 1 aliphatic rings. The van der Waals surface area contributed by atoms with Gasteiger partial charge in [-0.3, -0.25) is 0 Å². The first kappa shape index (κ1) is 15.4. The maximum absolute atomic E-state index is 9.66. The Morgan fingerprint density at radius 3 is 2.57 bits per heavy atom. The molecule has 1 fully saturated rings. The normalized spacial score (nSPS) is 14.3. The molecule has 0 amide bonds. The lowest BCUT2D eigenvalue weighted by Gasteiger charge is -2.31. The summed E-state index contributed by atoms with van der Waals surface area (Å²) in [5, 5.41) is 9.66. The van der Waals surface area contributed by atoms with Crippen LogP contribution >= 0.6 is 0 Å². The zero-order chi connectivity index (χ0) is 16.1. The summed E-state index contributed by atoms with van der Waals surface area (Å²) in [6, 6.07) is 16.2. The average molecular weight is 308 g/mol. The van der Waals surface area contributed by atoms with Crippen molar-refractivity contribution in [3.8, 4) is 11.8 Å². The number of hydrogen-bond donors (Lipinski definition) is 0. The number of benzene rings is 2. The van der Waals surface area contributed by atoms with Gasteiger partial charge in [0.2, 0.25) is 0 Å². The van der Waals surface area contributed by atoms with Crippen molar-refractivity contribution < 1.29 is 9.47 Å². The van der Waals surface area contributed by atoms with Crippen molar-refractivity contribution in [2.45, 2.75) is 13.5 Å². The second-order valence-electron chi connectivity index (χ2n) is 5.59. The van der Waals surface area contributed by atoms with Crippen LogP contribution in [0.5, 0.6) is 5.75 Å². The molecular formula is C19H20N2O2. The molecule has 0 aromatic heterocycles. The van der Waals surface area contributed by atoms with Gasteiger partial charge in [-0.15, -0.1) is 0 Å². The molecule has 0 atom stereocenters. The molecule has 1 saturated heterocycles. The van der Waals surface area contributed by atoms with Gasteiger partial charge in [0.15, 0.2) is 0 Å². The summed E-state index contributed by atoms with van der Waals surface area (Å²) in [7, 11) is 0. The fourth-order valence-corrected chi connectivity index (χ4v) is 2.83. The predicted octanol–water partition coefficient (Wildman–Crippen LogP) is 3.28. The minimum atomic E-state index is 0.459. The largest absolute Gasteiger partial charge is 0.487 e. The number of nitrogens with zero attached hydrogens (tertiary/aromatic N) is 2. The number of aryl methyl sites for hydroxylation is 1. The number of anilines is 1. The van der Waals surface area contributed by atoms with E-state index in [2.05, 4.69) is 11.0 Å². The van der Waals surface area contributed by atoms with Gasteiger partial charge in [-0.05, 0) is 24.1 Å². The van der Waals surface area contributed by atoms with Gasteiger partial charge in [0, 0.05) is 13.1 Å². The Bertz CT molecular complexity index is 701. The lowest BCUT2D eigenvalue weighted by atomic mass is 10.1. The molecule has 1 heterocycles. The first-order valence-corrected chi connectivity index (χ1v) is 7.82. The van der Waals surface area contributed by atoms with Crippen molar-refractivity contribution >= 4 is 5.69 Å². The number of nitriles is 1. The Labute approximate surface area is 136 Å². The number of morpholine rings is 1. The first-order valence-electron chi connectivity index (χ1n) is 7.82. The molecule has 0 bridgehead atoms. The fraction of sp³-hybridized carbons (Fsp3) is 0.316. The Hall–Kier alpha value is -2.51. The molecular weight excluding hydrogens is 288 g/mol. The second-order valence-corrected chi connectivity index (χ2v) is 5.59. The molecule has 4 heteroatoms. The van der Waals surface area contributed by atoms with E-state index in [4.69, 9.17) is 9.47 Å². The highest BCUT2D eigenvalue weighted by Crippen LogP contribution is 2.33. The quantitative estimate of drug-likeness (QED) is 0.869. The van der Waals surface area contributed by atoms with Crippen LogP contribution in [0.1, 0.15) is 16.7 Å². The highest BCUT2D eigenvalue weighted by Gasteiger charge is 2.20. The van der Waals surface area contributed by atoms with Crippen LogP contribution in [0.3, 0.4) is 0 Å². The lowest BCUT2D eigenvalue weighted by molar-refractivity contribution is 0.122. The van der Waals surface area contributed by atoms with Crippen LogP contribution in [0.4, 0.5) is 5.69 Å². The molecule has 3 rings (SSSR count). The molecule has 2 aromatic rings. The molecule has 1 aliphatic heterocycles. The number of rotatable bonds is 4. The van der Waals surface area contributed by atoms with Crippen LogP contribution in [0.15, 0.2) is 42.5 Å². The summed E-state index contributed by atoms with van der Waals surface area (Å²) in [5.74, 6) is 0.642. The van der Waals surface area contributed by atoms with E-state index in [0.717, 1.165) is 29.9 Å². The summed E-state index contributed by atoms with van der Waals surface area (Å²) in [6.45, 7) is 5.49. The Kier molecular flexibility index (Phi) is 4.80. The van der Waals surface area contributed by atoms with Crippen molar-refractivity contribution in [3.63, 3.8) is 0 Å². The van der Waals surface area contributed by atoms with Crippen LogP contribution in [-0.2, 0) is 11.3 Å². The molecule has 0 aliphatic carbocycles. The molecule has 0 unspecified atom stereocenters. The molecule has 0 saturated carbocycles. The van der Waals surface area contributed by atoms with E-state index in [9.17, 15) is 5.26 Å². The van der Waals surface area contributed by atoms with Crippen LogP contribution in [0.2, 0.25) is 0 Å². The van der Waals surface area contributed by atoms with E-state index in [1.807, 2.05) is 49.4 Å². The topological polar surface area (TPSA) is 45.5 Å². The molecule has 0 N–H and O–H groups in total. The second kappa shape index (κ2) is 7.17. The van der Waals surface area contributed by atoms with Crippen molar-refractivity contribution in [1.29, 1.82) is 5.26 Å². The minimum absolute atomic E-state index is 0.459. The Morgan fingerprint density at radius 1 is 1.13 bits per heavy atom. The first-order chi connectivity index (χ1) is 11.3. The zero-order valence-corrected chi connectivity index (χ0v) is 13.3. The molecule has 4 nitrogen and oxygen atoms in total. The van der Waals surface area contributed by atoms with Gasteiger partial charge in [0.25, 0.3) is 0 Å². The maximum Gasteiger partial charge on any atom is 0.139 e. The number of hydrogen-bond acceptors (Lipinski definition) is 4. The number of ether oxygens (including phenoxy) is 2. The van der Waals surface area contributed by atoms with Crippen LogP contribution < -0.4 is 9.64 Å². The standard InChI is InChI=1S/C19H20N2O2/c1-15-7-8-18(23-14-16-5-3-2-4-6-16)17(13-20)19(15)21-9-11-22-12-10-21/h2-8H,9-12,14H2,1H3. The van der Waals surface area contributed by atoms with Crippen molar-refractivity contribution in [1.82, 2.24) is 0 Å². The van der Waals surface area contributed by atoms with Gasteiger partial charge in [-0.2, -0.15) is 5.26 Å². The average Bonchev–Trinajstić information content (AvgIpc) is 2.62. The Balaban J connectivity index is 1.87. The predicted molar refractivity (Wildman–Crippen MR) is 89.7 cm³/mol. The third-order valence-corrected chi connectivity index (χ3v) is 4.02. The third kappa shape index (κ3) is 3.46. The van der Waals surface area contributed by atoms with E-state index in [0.29, 0.717) is 31.1 Å². The fourth-order valence-electron chi connectivity index (χ4n) is 2.83. The van der Waals surface area contributed by atoms with Crippen LogP contribution in [0.25, 0.3) is 0 Å². The summed E-state index contributed by atoms with van der Waals surface area (Å²) in [5.41, 5.74) is 3.77. The SMILES string of the molecule is Cc1ccc(OCc2ccccc2)c(C#N)c1N1CCOCC1. The summed E-state index contributed by atoms with van der Waals surface area (Å²) < 4.78 is 11.3. The van der Waals surface area contributed by atoms with Gasteiger partial charge in [-0.25, -0.2) is 0 Å². The molecule has 0 radical (unpaired) electrons. The summed E-state index contributed by atoms with van der Waals surface area (Å²) >= 11 is 0. The smallest absolute Gasteiger partial charge is 0.139 e. The molecule has 2 aromatic carbocycles. The minimum Gasteiger partial charge on any atom is -0.487 e. The van der Waals surface area contributed by atoms with Gasteiger partial charge in [-0.1, -0.05) is 36.4 Å². The van der Waals surface area contributed by atoms with Gasteiger partial charge >= 0.3 is 0 Å². The highest BCUT2D eigenvalue weighted by molar-refractivity contribution is 5.69. The maximum atomic E-state index is 9.66. The van der Waals surface area contributed by atoms with Gasteiger partial charge in [0.05, 0.1) is 18.9 Å². The van der Waals surface area contributed by atoms with Crippen LogP contribution in [0, 0.1) is 18.3 Å². The van der Waals surface area contributed by atoms with E-state index < -0.39 is 0 Å². The zero-order valence-electron chi connectivity index (χ0n) is 13.3. The van der Waals surface area contributed by atoms with Crippen molar-refractivity contribution in [3.05, 3.63) is 59.2 Å². The highest BCUT2D eigenvalue weighted by atomic mass is 16.5. The summed E-state index contributed by atoms with van der Waals surface area (Å²) in [4.78, 5) is 2.22. The van der Waals surface area contributed by atoms with E-state index in [1.54, 1.807) is 0 Å².